The second-order valence-electron chi connectivity index (χ2n) is 3.21. The molecule has 2 rings (SSSR count). The van der Waals surface area contributed by atoms with Crippen molar-refractivity contribution in [3.63, 3.8) is 0 Å². The summed E-state index contributed by atoms with van der Waals surface area (Å²) in [6, 6.07) is 0. The largest absolute Gasteiger partial charge is 0.312 e. The van der Waals surface area contributed by atoms with Gasteiger partial charge >= 0.3 is 0 Å². The molecule has 4 heteroatoms. The fourth-order valence-corrected chi connectivity index (χ4v) is 1.64. The molecule has 0 fully saturated rings. The minimum absolute atomic E-state index is 0.111. The van der Waals surface area contributed by atoms with E-state index in [0.29, 0.717) is 6.54 Å². The molecule has 2 heterocycles. The average molecular weight is 167 g/mol. The van der Waals surface area contributed by atoms with E-state index in [9.17, 15) is 4.79 Å². The average Bonchev–Trinajstić information content (AvgIpc) is 2.30. The summed E-state index contributed by atoms with van der Waals surface area (Å²) < 4.78 is 1.55. The van der Waals surface area contributed by atoms with Gasteiger partial charge in [-0.2, -0.15) is 0 Å². The zero-order chi connectivity index (χ0) is 8.55. The van der Waals surface area contributed by atoms with Gasteiger partial charge in [0.25, 0.3) is 5.56 Å². The predicted octanol–water partition coefficient (Wildman–Crippen LogP) is -0.251. The topological polar surface area (TPSA) is 49.8 Å². The molecule has 0 spiro atoms. The number of nitrogens with one attached hydrogen (secondary N) is 2. The van der Waals surface area contributed by atoms with Crippen molar-refractivity contribution >= 4 is 0 Å². The summed E-state index contributed by atoms with van der Waals surface area (Å²) >= 11 is 0. The van der Waals surface area contributed by atoms with E-state index in [1.54, 1.807) is 11.7 Å². The van der Waals surface area contributed by atoms with Gasteiger partial charge in [-0.3, -0.25) is 14.6 Å². The standard InChI is InChI=1S/C8H13N3O/c1-11-8(12)6-5-9-4-2-3-7(6)10-11/h9-10H,2-5H2,1H3. The molecule has 0 bridgehead atoms. The molecule has 4 nitrogen and oxygen atoms in total. The molecule has 0 saturated heterocycles. The zero-order valence-electron chi connectivity index (χ0n) is 7.18. The third-order valence-electron chi connectivity index (χ3n) is 2.31. The van der Waals surface area contributed by atoms with Gasteiger partial charge in [0, 0.05) is 19.3 Å². The molecule has 1 aliphatic rings. The molecule has 0 amide bonds. The fraction of sp³-hybridized carbons (Fsp3) is 0.625. The van der Waals surface area contributed by atoms with Gasteiger partial charge < -0.3 is 5.32 Å². The van der Waals surface area contributed by atoms with Crippen molar-refractivity contribution < 1.29 is 0 Å². The quantitative estimate of drug-likeness (QED) is 0.559. The normalized spacial score (nSPS) is 17.1. The van der Waals surface area contributed by atoms with Crippen LogP contribution in [-0.2, 0) is 20.0 Å². The molecule has 0 atom stereocenters. The first-order valence-electron chi connectivity index (χ1n) is 4.26. The Morgan fingerprint density at radius 2 is 2.33 bits per heavy atom. The minimum atomic E-state index is 0.111. The summed E-state index contributed by atoms with van der Waals surface area (Å²) in [5.41, 5.74) is 2.13. The lowest BCUT2D eigenvalue weighted by Crippen LogP contribution is -2.21. The Kier molecular flexibility index (Phi) is 1.77. The molecule has 66 valence electrons. The number of nitrogens with zero attached hydrogens (tertiary/aromatic N) is 1. The minimum Gasteiger partial charge on any atom is -0.312 e. The fourth-order valence-electron chi connectivity index (χ4n) is 1.64. The van der Waals surface area contributed by atoms with Crippen LogP contribution in [-0.4, -0.2) is 16.3 Å². The lowest BCUT2D eigenvalue weighted by molar-refractivity contribution is 0.652. The second kappa shape index (κ2) is 2.79. The third-order valence-corrected chi connectivity index (χ3v) is 2.31. The van der Waals surface area contributed by atoms with Crippen LogP contribution >= 0.6 is 0 Å². The van der Waals surface area contributed by atoms with Crippen LogP contribution in [0.1, 0.15) is 17.7 Å². The first-order chi connectivity index (χ1) is 5.79. The van der Waals surface area contributed by atoms with Gasteiger partial charge in [-0.15, -0.1) is 0 Å². The molecule has 0 radical (unpaired) electrons. The lowest BCUT2D eigenvalue weighted by Gasteiger charge is -1.94. The third kappa shape index (κ3) is 1.08. The first-order valence-corrected chi connectivity index (χ1v) is 4.26. The van der Waals surface area contributed by atoms with Crippen molar-refractivity contribution in [2.45, 2.75) is 19.4 Å². The van der Waals surface area contributed by atoms with Crippen molar-refractivity contribution in [2.24, 2.45) is 7.05 Å². The van der Waals surface area contributed by atoms with Gasteiger partial charge in [0.05, 0.1) is 5.56 Å². The number of aryl methyl sites for hydroxylation is 2. The summed E-state index contributed by atoms with van der Waals surface area (Å²) in [6.07, 6.45) is 2.09. The summed E-state index contributed by atoms with van der Waals surface area (Å²) in [5, 5.41) is 6.29. The summed E-state index contributed by atoms with van der Waals surface area (Å²) in [6.45, 7) is 1.72. The number of H-pyrrole nitrogens is 1. The maximum absolute atomic E-state index is 11.5. The number of rotatable bonds is 0. The molecular weight excluding hydrogens is 154 g/mol. The summed E-state index contributed by atoms with van der Waals surface area (Å²) in [4.78, 5) is 11.5. The molecule has 0 unspecified atom stereocenters. The van der Waals surface area contributed by atoms with E-state index in [-0.39, 0.29) is 5.56 Å². The van der Waals surface area contributed by atoms with Crippen molar-refractivity contribution in [3.8, 4) is 0 Å². The van der Waals surface area contributed by atoms with Gasteiger partial charge in [-0.05, 0) is 19.4 Å². The van der Waals surface area contributed by atoms with Crippen LogP contribution in [0.4, 0.5) is 0 Å². The Balaban J connectivity index is 2.49. The molecule has 0 saturated carbocycles. The Morgan fingerprint density at radius 3 is 3.17 bits per heavy atom. The summed E-state index contributed by atoms with van der Waals surface area (Å²) in [7, 11) is 1.76. The zero-order valence-corrected chi connectivity index (χ0v) is 7.18. The highest BCUT2D eigenvalue weighted by Gasteiger charge is 2.13. The molecule has 12 heavy (non-hydrogen) atoms. The number of fused-ring (bicyclic) bond motifs is 1. The molecular formula is C8H13N3O. The van der Waals surface area contributed by atoms with Crippen LogP contribution in [0.3, 0.4) is 0 Å². The van der Waals surface area contributed by atoms with E-state index >= 15 is 0 Å². The van der Waals surface area contributed by atoms with Gasteiger partial charge in [0.1, 0.15) is 0 Å². The Morgan fingerprint density at radius 1 is 1.50 bits per heavy atom. The lowest BCUT2D eigenvalue weighted by atomic mass is 10.2. The Bertz CT molecular complexity index is 337. The highest BCUT2D eigenvalue weighted by Crippen LogP contribution is 2.06. The van der Waals surface area contributed by atoms with Crippen molar-refractivity contribution in [3.05, 3.63) is 21.6 Å². The SMILES string of the molecule is Cn1[nH]c2c(c1=O)CNCCC2. The van der Waals surface area contributed by atoms with Crippen LogP contribution < -0.4 is 10.9 Å². The van der Waals surface area contributed by atoms with Crippen LogP contribution in [0.25, 0.3) is 0 Å². The van der Waals surface area contributed by atoms with Gasteiger partial charge in [-0.25, -0.2) is 0 Å². The monoisotopic (exact) mass is 167 g/mol. The Labute approximate surface area is 70.6 Å². The van der Waals surface area contributed by atoms with Crippen LogP contribution in [0.2, 0.25) is 0 Å². The van der Waals surface area contributed by atoms with Gasteiger partial charge in [-0.1, -0.05) is 0 Å². The van der Waals surface area contributed by atoms with Crippen LogP contribution in [0.15, 0.2) is 4.79 Å². The number of hydrogen-bond donors (Lipinski definition) is 2. The number of aromatic nitrogens is 2. The van der Waals surface area contributed by atoms with Gasteiger partial charge in [0.15, 0.2) is 0 Å². The molecule has 1 aliphatic heterocycles. The van der Waals surface area contributed by atoms with E-state index in [1.807, 2.05) is 0 Å². The molecule has 2 N–H and O–H groups in total. The second-order valence-corrected chi connectivity index (χ2v) is 3.21. The van der Waals surface area contributed by atoms with E-state index in [4.69, 9.17) is 0 Å². The van der Waals surface area contributed by atoms with Crippen LogP contribution in [0, 0.1) is 0 Å². The Hall–Kier alpha value is -1.03. The molecule has 1 aromatic heterocycles. The summed E-state index contributed by atoms with van der Waals surface area (Å²) in [5.74, 6) is 0. The molecule has 0 aromatic carbocycles. The maximum atomic E-state index is 11.5. The maximum Gasteiger partial charge on any atom is 0.270 e. The molecule has 1 aromatic rings. The first kappa shape index (κ1) is 7.61. The van der Waals surface area contributed by atoms with E-state index < -0.39 is 0 Å². The number of hydrogen-bond acceptors (Lipinski definition) is 2. The van der Waals surface area contributed by atoms with E-state index in [0.717, 1.165) is 30.6 Å². The van der Waals surface area contributed by atoms with Gasteiger partial charge in [0.2, 0.25) is 0 Å². The van der Waals surface area contributed by atoms with Crippen molar-refractivity contribution in [1.82, 2.24) is 15.1 Å². The molecule has 0 aliphatic carbocycles. The van der Waals surface area contributed by atoms with Crippen molar-refractivity contribution in [2.75, 3.05) is 6.54 Å². The van der Waals surface area contributed by atoms with E-state index in [2.05, 4.69) is 10.4 Å². The smallest absolute Gasteiger partial charge is 0.270 e. The number of aromatic amines is 1. The highest BCUT2D eigenvalue weighted by atomic mass is 16.1. The van der Waals surface area contributed by atoms with Crippen molar-refractivity contribution in [1.29, 1.82) is 0 Å². The highest BCUT2D eigenvalue weighted by molar-refractivity contribution is 5.18. The van der Waals surface area contributed by atoms with Crippen LogP contribution in [0.5, 0.6) is 0 Å². The predicted molar refractivity (Wildman–Crippen MR) is 46.1 cm³/mol. The van der Waals surface area contributed by atoms with E-state index in [1.165, 1.54) is 0 Å².